The summed E-state index contributed by atoms with van der Waals surface area (Å²) in [7, 11) is 0. The zero-order valence-electron chi connectivity index (χ0n) is 10.1. The average Bonchev–Trinajstić information content (AvgIpc) is 2.96. The van der Waals surface area contributed by atoms with Crippen molar-refractivity contribution < 1.29 is 4.52 Å². The van der Waals surface area contributed by atoms with Gasteiger partial charge in [0.2, 0.25) is 5.82 Å². The van der Waals surface area contributed by atoms with Crippen LogP contribution in [0.1, 0.15) is 11.5 Å². The van der Waals surface area contributed by atoms with E-state index in [1.165, 1.54) is 0 Å². The normalized spacial score (nSPS) is 10.9. The van der Waals surface area contributed by atoms with Crippen molar-refractivity contribution in [2.45, 2.75) is 0 Å². The smallest absolute Gasteiger partial charge is 0.250 e. The van der Waals surface area contributed by atoms with E-state index in [1.807, 2.05) is 48.5 Å². The highest BCUT2D eigenvalue weighted by Gasteiger charge is 2.05. The van der Waals surface area contributed by atoms with Gasteiger partial charge in [0.05, 0.1) is 0 Å². The first-order valence-electron chi connectivity index (χ1n) is 5.89. The molecule has 0 aliphatic rings. The summed E-state index contributed by atoms with van der Waals surface area (Å²) in [6, 6.07) is 13.6. The highest BCUT2D eigenvalue weighted by atomic mass is 16.5. The summed E-state index contributed by atoms with van der Waals surface area (Å²) in [5.74, 6) is 1.05. The standard InChI is InChI=1S/C15H11N3O/c1-2-4-12(5-3-1)6-7-14-17-15(18-19-14)13-8-10-16-11-9-13/h1-11H. The monoisotopic (exact) mass is 249 g/mol. The molecule has 92 valence electrons. The molecular weight excluding hydrogens is 238 g/mol. The summed E-state index contributed by atoms with van der Waals surface area (Å²) in [6.07, 6.45) is 7.13. The second-order valence-corrected chi connectivity index (χ2v) is 3.94. The highest BCUT2D eigenvalue weighted by molar-refractivity contribution is 5.66. The van der Waals surface area contributed by atoms with E-state index in [0.717, 1.165) is 11.1 Å². The molecule has 2 heterocycles. The molecule has 0 bridgehead atoms. The Morgan fingerprint density at radius 1 is 0.895 bits per heavy atom. The molecule has 0 unspecified atom stereocenters. The zero-order valence-corrected chi connectivity index (χ0v) is 10.1. The molecule has 0 saturated carbocycles. The molecule has 0 saturated heterocycles. The van der Waals surface area contributed by atoms with Gasteiger partial charge >= 0.3 is 0 Å². The van der Waals surface area contributed by atoms with Gasteiger partial charge < -0.3 is 4.52 Å². The molecule has 0 N–H and O–H groups in total. The van der Waals surface area contributed by atoms with E-state index in [1.54, 1.807) is 18.5 Å². The Labute approximate surface area is 110 Å². The minimum atomic E-state index is 0.482. The summed E-state index contributed by atoms with van der Waals surface area (Å²) in [5, 5.41) is 3.93. The lowest BCUT2D eigenvalue weighted by Gasteiger charge is -1.90. The average molecular weight is 249 g/mol. The molecule has 0 amide bonds. The van der Waals surface area contributed by atoms with Crippen LogP contribution in [0, 0.1) is 0 Å². The van der Waals surface area contributed by atoms with E-state index in [9.17, 15) is 0 Å². The summed E-state index contributed by atoms with van der Waals surface area (Å²) >= 11 is 0. The fourth-order valence-corrected chi connectivity index (χ4v) is 1.65. The Bertz CT molecular complexity index is 675. The first-order valence-corrected chi connectivity index (χ1v) is 5.89. The van der Waals surface area contributed by atoms with Gasteiger partial charge in [0.25, 0.3) is 5.89 Å². The molecule has 0 aliphatic heterocycles. The van der Waals surface area contributed by atoms with Crippen LogP contribution < -0.4 is 0 Å². The first kappa shape index (κ1) is 11.3. The van der Waals surface area contributed by atoms with Crippen LogP contribution in [0.5, 0.6) is 0 Å². The highest BCUT2D eigenvalue weighted by Crippen LogP contribution is 2.15. The number of rotatable bonds is 3. The van der Waals surface area contributed by atoms with Crippen LogP contribution in [0.15, 0.2) is 59.4 Å². The summed E-state index contributed by atoms with van der Waals surface area (Å²) in [4.78, 5) is 8.26. The van der Waals surface area contributed by atoms with Crippen molar-refractivity contribution in [3.05, 3.63) is 66.3 Å². The molecule has 0 spiro atoms. The van der Waals surface area contributed by atoms with E-state index in [0.29, 0.717) is 11.7 Å². The fraction of sp³-hybridized carbons (Fsp3) is 0. The molecule has 1 aromatic carbocycles. The van der Waals surface area contributed by atoms with Crippen LogP contribution in [-0.2, 0) is 0 Å². The van der Waals surface area contributed by atoms with Gasteiger partial charge in [-0.2, -0.15) is 4.98 Å². The van der Waals surface area contributed by atoms with Gasteiger partial charge in [-0.05, 0) is 23.8 Å². The molecule has 2 aromatic heterocycles. The number of nitrogens with zero attached hydrogens (tertiary/aromatic N) is 3. The number of pyridine rings is 1. The van der Waals surface area contributed by atoms with Gasteiger partial charge in [-0.3, -0.25) is 4.98 Å². The number of hydrogen-bond acceptors (Lipinski definition) is 4. The van der Waals surface area contributed by atoms with Crippen molar-refractivity contribution in [2.75, 3.05) is 0 Å². The third-order valence-electron chi connectivity index (χ3n) is 2.60. The van der Waals surface area contributed by atoms with E-state index < -0.39 is 0 Å². The summed E-state index contributed by atoms with van der Waals surface area (Å²) < 4.78 is 5.17. The minimum absolute atomic E-state index is 0.482. The quantitative estimate of drug-likeness (QED) is 0.714. The Morgan fingerprint density at radius 2 is 1.68 bits per heavy atom. The van der Waals surface area contributed by atoms with Crippen molar-refractivity contribution in [1.82, 2.24) is 15.1 Å². The molecule has 19 heavy (non-hydrogen) atoms. The molecule has 0 radical (unpaired) electrons. The van der Waals surface area contributed by atoms with Gasteiger partial charge in [-0.25, -0.2) is 0 Å². The van der Waals surface area contributed by atoms with Crippen molar-refractivity contribution in [2.24, 2.45) is 0 Å². The topological polar surface area (TPSA) is 51.8 Å². The Kier molecular flexibility index (Phi) is 3.14. The van der Waals surface area contributed by atoms with Crippen LogP contribution in [0.25, 0.3) is 23.5 Å². The second-order valence-electron chi connectivity index (χ2n) is 3.94. The van der Waals surface area contributed by atoms with Gasteiger partial charge in [-0.15, -0.1) is 0 Å². The lowest BCUT2D eigenvalue weighted by molar-refractivity contribution is 0.411. The molecule has 4 nitrogen and oxygen atoms in total. The van der Waals surface area contributed by atoms with Crippen molar-refractivity contribution in [3.8, 4) is 11.4 Å². The van der Waals surface area contributed by atoms with Crippen molar-refractivity contribution in [1.29, 1.82) is 0 Å². The van der Waals surface area contributed by atoms with E-state index in [4.69, 9.17) is 4.52 Å². The van der Waals surface area contributed by atoms with Crippen LogP contribution in [0.3, 0.4) is 0 Å². The van der Waals surface area contributed by atoms with Gasteiger partial charge in [0.1, 0.15) is 0 Å². The molecule has 0 atom stereocenters. The number of benzene rings is 1. The van der Waals surface area contributed by atoms with E-state index >= 15 is 0 Å². The Hall–Kier alpha value is -2.75. The maximum Gasteiger partial charge on any atom is 0.250 e. The van der Waals surface area contributed by atoms with Gasteiger partial charge in [0, 0.05) is 24.0 Å². The largest absolute Gasteiger partial charge is 0.334 e. The van der Waals surface area contributed by atoms with Crippen LogP contribution in [-0.4, -0.2) is 15.1 Å². The van der Waals surface area contributed by atoms with Crippen LogP contribution >= 0.6 is 0 Å². The fourth-order valence-electron chi connectivity index (χ4n) is 1.65. The zero-order chi connectivity index (χ0) is 12.9. The molecule has 3 rings (SSSR count). The van der Waals surface area contributed by atoms with E-state index in [-0.39, 0.29) is 0 Å². The van der Waals surface area contributed by atoms with Crippen LogP contribution in [0.4, 0.5) is 0 Å². The minimum Gasteiger partial charge on any atom is -0.334 e. The maximum atomic E-state index is 5.17. The Balaban J connectivity index is 1.81. The third-order valence-corrected chi connectivity index (χ3v) is 2.60. The summed E-state index contributed by atoms with van der Waals surface area (Å²) in [6.45, 7) is 0. The molecular formula is C15H11N3O. The van der Waals surface area contributed by atoms with Crippen molar-refractivity contribution >= 4 is 12.2 Å². The molecule has 0 aliphatic carbocycles. The lowest BCUT2D eigenvalue weighted by atomic mass is 10.2. The first-order chi connectivity index (χ1) is 9.42. The number of hydrogen-bond donors (Lipinski definition) is 0. The summed E-state index contributed by atoms with van der Waals surface area (Å²) in [5.41, 5.74) is 1.98. The molecule has 4 heteroatoms. The third kappa shape index (κ3) is 2.74. The predicted molar refractivity (Wildman–Crippen MR) is 72.9 cm³/mol. The van der Waals surface area contributed by atoms with Crippen LogP contribution in [0.2, 0.25) is 0 Å². The van der Waals surface area contributed by atoms with Gasteiger partial charge in [-0.1, -0.05) is 35.5 Å². The Morgan fingerprint density at radius 3 is 2.47 bits per heavy atom. The molecule has 0 fully saturated rings. The SMILES string of the molecule is C(=Cc1nc(-c2ccncc2)no1)c1ccccc1. The lowest BCUT2D eigenvalue weighted by Crippen LogP contribution is -1.80. The number of aromatic nitrogens is 3. The predicted octanol–water partition coefficient (Wildman–Crippen LogP) is 3.30. The van der Waals surface area contributed by atoms with E-state index in [2.05, 4.69) is 15.1 Å². The van der Waals surface area contributed by atoms with Gasteiger partial charge in [0.15, 0.2) is 0 Å². The maximum absolute atomic E-state index is 5.17. The molecule has 3 aromatic rings. The van der Waals surface area contributed by atoms with Crippen molar-refractivity contribution in [3.63, 3.8) is 0 Å². The second kappa shape index (κ2) is 5.27.